The minimum atomic E-state index is -0.0495. The quantitative estimate of drug-likeness (QED) is 0.575. The van der Waals surface area contributed by atoms with Crippen LogP contribution in [0.5, 0.6) is 0 Å². The molecule has 4 heteroatoms. The number of amides is 1. The van der Waals surface area contributed by atoms with Crippen LogP contribution in [0, 0.1) is 6.92 Å². The first-order valence-corrected chi connectivity index (χ1v) is 6.28. The highest BCUT2D eigenvalue weighted by molar-refractivity contribution is 5.96. The van der Waals surface area contributed by atoms with Crippen molar-refractivity contribution in [2.24, 2.45) is 0 Å². The first kappa shape index (κ1) is 14.5. The number of methoxy groups -OCH3 is 1. The molecule has 0 aliphatic carbocycles. The van der Waals surface area contributed by atoms with E-state index < -0.39 is 0 Å². The number of hydrogen-bond acceptors (Lipinski definition) is 3. The monoisotopic (exact) mass is 250 g/mol. The molecule has 0 saturated carbocycles. The maximum Gasteiger partial charge on any atom is 0.251 e. The molecule has 0 fully saturated rings. The zero-order valence-corrected chi connectivity index (χ0v) is 11.2. The van der Waals surface area contributed by atoms with Crippen molar-refractivity contribution in [2.75, 3.05) is 26.0 Å². The van der Waals surface area contributed by atoms with Crippen molar-refractivity contribution in [3.8, 4) is 0 Å². The zero-order valence-electron chi connectivity index (χ0n) is 11.2. The van der Waals surface area contributed by atoms with E-state index in [0.717, 1.165) is 31.4 Å². The molecule has 1 aromatic carbocycles. The average molecular weight is 250 g/mol. The first-order valence-electron chi connectivity index (χ1n) is 6.28. The normalized spacial score (nSPS) is 10.3. The van der Waals surface area contributed by atoms with Gasteiger partial charge in [-0.2, -0.15) is 0 Å². The Labute approximate surface area is 109 Å². The van der Waals surface area contributed by atoms with E-state index in [1.165, 1.54) is 0 Å². The SMILES string of the molecule is COCCCCCNC(=O)c1cc(N)ccc1C. The molecule has 0 heterocycles. The number of carbonyl (C=O) groups is 1. The molecule has 0 bridgehead atoms. The van der Waals surface area contributed by atoms with Gasteiger partial charge < -0.3 is 15.8 Å². The standard InChI is InChI=1S/C14H22N2O2/c1-11-6-7-12(15)10-13(11)14(17)16-8-4-3-5-9-18-2/h6-7,10H,3-5,8-9,15H2,1-2H3,(H,16,17). The van der Waals surface area contributed by atoms with E-state index >= 15 is 0 Å². The summed E-state index contributed by atoms with van der Waals surface area (Å²) in [5.41, 5.74) is 7.90. The number of hydrogen-bond donors (Lipinski definition) is 2. The van der Waals surface area contributed by atoms with E-state index in [0.29, 0.717) is 17.8 Å². The molecule has 18 heavy (non-hydrogen) atoms. The van der Waals surface area contributed by atoms with Crippen LogP contribution in [0.15, 0.2) is 18.2 Å². The Bertz CT molecular complexity index is 391. The van der Waals surface area contributed by atoms with Crippen LogP contribution < -0.4 is 11.1 Å². The van der Waals surface area contributed by atoms with Gasteiger partial charge >= 0.3 is 0 Å². The third-order valence-corrected chi connectivity index (χ3v) is 2.82. The fourth-order valence-electron chi connectivity index (χ4n) is 1.73. The smallest absolute Gasteiger partial charge is 0.251 e. The molecule has 3 N–H and O–H groups in total. The summed E-state index contributed by atoms with van der Waals surface area (Å²) >= 11 is 0. The Hall–Kier alpha value is -1.55. The Morgan fingerprint density at radius 1 is 1.33 bits per heavy atom. The van der Waals surface area contributed by atoms with E-state index in [2.05, 4.69) is 5.32 Å². The lowest BCUT2D eigenvalue weighted by molar-refractivity contribution is 0.0952. The molecule has 1 amide bonds. The topological polar surface area (TPSA) is 64.3 Å². The van der Waals surface area contributed by atoms with Crippen molar-refractivity contribution in [3.63, 3.8) is 0 Å². The lowest BCUT2D eigenvalue weighted by Crippen LogP contribution is -2.25. The van der Waals surface area contributed by atoms with Crippen LogP contribution in [0.1, 0.15) is 35.2 Å². The molecule has 0 aromatic heterocycles. The van der Waals surface area contributed by atoms with Gasteiger partial charge in [-0.25, -0.2) is 0 Å². The predicted octanol–water partition coefficient (Wildman–Crippen LogP) is 2.12. The van der Waals surface area contributed by atoms with Gasteiger partial charge in [0.05, 0.1) is 0 Å². The van der Waals surface area contributed by atoms with Gasteiger partial charge in [0.25, 0.3) is 5.91 Å². The summed E-state index contributed by atoms with van der Waals surface area (Å²) in [4.78, 5) is 11.9. The van der Waals surface area contributed by atoms with Gasteiger partial charge in [-0.15, -0.1) is 0 Å². The Kier molecular flexibility index (Phi) is 6.22. The molecule has 1 rings (SSSR count). The molecular formula is C14H22N2O2. The van der Waals surface area contributed by atoms with Crippen molar-refractivity contribution in [1.82, 2.24) is 5.32 Å². The molecule has 1 aromatic rings. The second-order valence-corrected chi connectivity index (χ2v) is 4.38. The molecule has 0 unspecified atom stereocenters. The number of ether oxygens (including phenoxy) is 1. The minimum absolute atomic E-state index is 0.0495. The van der Waals surface area contributed by atoms with Crippen LogP contribution in [0.2, 0.25) is 0 Å². The van der Waals surface area contributed by atoms with Crippen LogP contribution in [0.25, 0.3) is 0 Å². The highest BCUT2D eigenvalue weighted by Gasteiger charge is 2.08. The molecule has 0 aliphatic heterocycles. The van der Waals surface area contributed by atoms with E-state index in [4.69, 9.17) is 10.5 Å². The number of aryl methyl sites for hydroxylation is 1. The van der Waals surface area contributed by atoms with Crippen molar-refractivity contribution in [2.45, 2.75) is 26.2 Å². The predicted molar refractivity (Wildman–Crippen MR) is 73.7 cm³/mol. The van der Waals surface area contributed by atoms with Crippen LogP contribution in [0.4, 0.5) is 5.69 Å². The number of nitrogens with two attached hydrogens (primary N) is 1. The number of unbranched alkanes of at least 4 members (excludes halogenated alkanes) is 2. The van der Waals surface area contributed by atoms with Gasteiger partial charge in [-0.3, -0.25) is 4.79 Å². The number of carbonyl (C=O) groups excluding carboxylic acids is 1. The largest absolute Gasteiger partial charge is 0.399 e. The Balaban J connectivity index is 2.34. The fraction of sp³-hybridized carbons (Fsp3) is 0.500. The van der Waals surface area contributed by atoms with Crippen LogP contribution in [-0.2, 0) is 4.74 Å². The molecule has 100 valence electrons. The van der Waals surface area contributed by atoms with Crippen molar-refractivity contribution in [1.29, 1.82) is 0 Å². The number of nitrogens with one attached hydrogen (secondary N) is 1. The van der Waals surface area contributed by atoms with E-state index in [1.807, 2.05) is 13.0 Å². The third kappa shape index (κ3) is 4.75. The van der Waals surface area contributed by atoms with Crippen molar-refractivity contribution < 1.29 is 9.53 Å². The van der Waals surface area contributed by atoms with E-state index in [1.54, 1.807) is 19.2 Å². The van der Waals surface area contributed by atoms with Gasteiger partial charge in [-0.05, 0) is 43.9 Å². The fourth-order valence-corrected chi connectivity index (χ4v) is 1.73. The summed E-state index contributed by atoms with van der Waals surface area (Å²) in [5, 5.41) is 2.91. The molecule has 4 nitrogen and oxygen atoms in total. The van der Waals surface area contributed by atoms with Gasteiger partial charge in [0.15, 0.2) is 0 Å². The zero-order chi connectivity index (χ0) is 13.4. The molecule has 0 radical (unpaired) electrons. The highest BCUT2D eigenvalue weighted by Crippen LogP contribution is 2.12. The molecular weight excluding hydrogens is 228 g/mol. The number of anilines is 1. The van der Waals surface area contributed by atoms with Gasteiger partial charge in [0.2, 0.25) is 0 Å². The second kappa shape index (κ2) is 7.71. The molecule has 0 aliphatic rings. The molecule has 0 spiro atoms. The lowest BCUT2D eigenvalue weighted by Gasteiger charge is -2.08. The van der Waals surface area contributed by atoms with Gasteiger partial charge in [-0.1, -0.05) is 6.07 Å². The number of benzene rings is 1. The summed E-state index contributed by atoms with van der Waals surface area (Å²) in [6.45, 7) is 3.38. The van der Waals surface area contributed by atoms with Gasteiger partial charge in [0.1, 0.15) is 0 Å². The summed E-state index contributed by atoms with van der Waals surface area (Å²) in [7, 11) is 1.70. The molecule has 0 atom stereocenters. The maximum atomic E-state index is 11.9. The number of rotatable bonds is 7. The summed E-state index contributed by atoms with van der Waals surface area (Å²) < 4.78 is 4.97. The number of nitrogen functional groups attached to an aromatic ring is 1. The van der Waals surface area contributed by atoms with Gasteiger partial charge in [0, 0.05) is 31.5 Å². The minimum Gasteiger partial charge on any atom is -0.399 e. The second-order valence-electron chi connectivity index (χ2n) is 4.38. The highest BCUT2D eigenvalue weighted by atomic mass is 16.5. The van der Waals surface area contributed by atoms with Crippen LogP contribution in [-0.4, -0.2) is 26.2 Å². The summed E-state index contributed by atoms with van der Waals surface area (Å²) in [6.07, 6.45) is 3.06. The summed E-state index contributed by atoms with van der Waals surface area (Å²) in [6, 6.07) is 5.38. The average Bonchev–Trinajstić information content (AvgIpc) is 2.36. The Morgan fingerprint density at radius 3 is 2.83 bits per heavy atom. The van der Waals surface area contributed by atoms with E-state index in [-0.39, 0.29) is 5.91 Å². The first-order chi connectivity index (χ1) is 8.65. The lowest BCUT2D eigenvalue weighted by atomic mass is 10.1. The maximum absolute atomic E-state index is 11.9. The van der Waals surface area contributed by atoms with Crippen LogP contribution >= 0.6 is 0 Å². The van der Waals surface area contributed by atoms with Crippen molar-refractivity contribution in [3.05, 3.63) is 29.3 Å². The Morgan fingerprint density at radius 2 is 2.11 bits per heavy atom. The third-order valence-electron chi connectivity index (χ3n) is 2.82. The molecule has 0 saturated heterocycles. The van der Waals surface area contributed by atoms with E-state index in [9.17, 15) is 4.79 Å². The van der Waals surface area contributed by atoms with Crippen LogP contribution in [0.3, 0.4) is 0 Å². The summed E-state index contributed by atoms with van der Waals surface area (Å²) in [5.74, 6) is -0.0495. The van der Waals surface area contributed by atoms with Crippen molar-refractivity contribution >= 4 is 11.6 Å².